The number of aromatic hydroxyl groups is 1. The summed E-state index contributed by atoms with van der Waals surface area (Å²) in [6.45, 7) is 9.31. The summed E-state index contributed by atoms with van der Waals surface area (Å²) in [4.78, 5) is 0. The molecule has 2 heteroatoms. The highest BCUT2D eigenvalue weighted by atomic mass is 16.3. The number of nitrogens with one attached hydrogen (secondary N) is 1. The molecule has 1 aromatic carbocycles. The van der Waals surface area contributed by atoms with Crippen LogP contribution in [0.2, 0.25) is 0 Å². The summed E-state index contributed by atoms with van der Waals surface area (Å²) >= 11 is 0. The van der Waals surface area contributed by atoms with Gasteiger partial charge in [-0.05, 0) is 49.2 Å². The zero-order chi connectivity index (χ0) is 13.2. The maximum atomic E-state index is 9.17. The van der Waals surface area contributed by atoms with Crippen molar-refractivity contribution < 1.29 is 5.11 Å². The van der Waals surface area contributed by atoms with Gasteiger partial charge in [0.25, 0.3) is 0 Å². The molecule has 1 rings (SSSR count). The number of phenolic OH excluding ortho intramolecular Hbond substituents is 1. The standard InChI is InChI=1S/C16H21NO/c1-3-5-14(4-2)10-12-17-13-11-15-6-8-16(18)9-7-15/h3-9,17-18H,1-2,10-13H2/b14-5+. The van der Waals surface area contributed by atoms with E-state index < -0.39 is 0 Å². The van der Waals surface area contributed by atoms with Crippen molar-refractivity contribution in [2.45, 2.75) is 12.8 Å². The zero-order valence-corrected chi connectivity index (χ0v) is 10.7. The molecular formula is C16H21NO. The molecule has 96 valence electrons. The van der Waals surface area contributed by atoms with Crippen LogP contribution in [0, 0.1) is 0 Å². The molecule has 18 heavy (non-hydrogen) atoms. The van der Waals surface area contributed by atoms with E-state index in [0.29, 0.717) is 5.75 Å². The van der Waals surface area contributed by atoms with Crippen LogP contribution in [-0.4, -0.2) is 18.2 Å². The number of benzene rings is 1. The van der Waals surface area contributed by atoms with E-state index in [0.717, 1.165) is 25.9 Å². The molecule has 0 unspecified atom stereocenters. The summed E-state index contributed by atoms with van der Waals surface area (Å²) in [7, 11) is 0. The van der Waals surface area contributed by atoms with Crippen LogP contribution in [0.5, 0.6) is 5.75 Å². The van der Waals surface area contributed by atoms with Crippen LogP contribution in [0.1, 0.15) is 12.0 Å². The number of hydrogen-bond acceptors (Lipinski definition) is 2. The molecule has 0 aliphatic rings. The smallest absolute Gasteiger partial charge is 0.115 e. The van der Waals surface area contributed by atoms with Crippen molar-refractivity contribution in [3.05, 3.63) is 66.8 Å². The second-order valence-electron chi connectivity index (χ2n) is 4.10. The van der Waals surface area contributed by atoms with Gasteiger partial charge in [-0.15, -0.1) is 0 Å². The van der Waals surface area contributed by atoms with Crippen molar-refractivity contribution in [2.75, 3.05) is 13.1 Å². The van der Waals surface area contributed by atoms with Crippen LogP contribution in [0.15, 0.2) is 61.2 Å². The van der Waals surface area contributed by atoms with Gasteiger partial charge in [-0.25, -0.2) is 0 Å². The Hall–Kier alpha value is -1.80. The first-order chi connectivity index (χ1) is 8.76. The Morgan fingerprint density at radius 2 is 1.89 bits per heavy atom. The molecular weight excluding hydrogens is 222 g/mol. The van der Waals surface area contributed by atoms with E-state index in [2.05, 4.69) is 18.5 Å². The average molecular weight is 243 g/mol. The van der Waals surface area contributed by atoms with E-state index >= 15 is 0 Å². The SMILES string of the molecule is C=C/C=C(\C=C)CCNCCc1ccc(O)cc1. The van der Waals surface area contributed by atoms with Crippen LogP contribution in [-0.2, 0) is 6.42 Å². The molecule has 0 saturated heterocycles. The summed E-state index contributed by atoms with van der Waals surface area (Å²) in [6.07, 6.45) is 7.56. The highest BCUT2D eigenvalue weighted by Gasteiger charge is 1.94. The molecule has 2 nitrogen and oxygen atoms in total. The van der Waals surface area contributed by atoms with Gasteiger partial charge in [0.2, 0.25) is 0 Å². The molecule has 2 N–H and O–H groups in total. The van der Waals surface area contributed by atoms with Gasteiger partial charge in [0.1, 0.15) is 5.75 Å². The predicted molar refractivity (Wildman–Crippen MR) is 77.8 cm³/mol. The molecule has 0 bridgehead atoms. The predicted octanol–water partition coefficient (Wildman–Crippen LogP) is 3.21. The Labute approximate surface area is 109 Å². The van der Waals surface area contributed by atoms with Crippen LogP contribution >= 0.6 is 0 Å². The Balaban J connectivity index is 2.19. The van der Waals surface area contributed by atoms with E-state index in [-0.39, 0.29) is 0 Å². The van der Waals surface area contributed by atoms with Crippen molar-refractivity contribution in [3.8, 4) is 5.75 Å². The van der Waals surface area contributed by atoms with Gasteiger partial charge in [-0.1, -0.05) is 43.5 Å². The molecule has 0 heterocycles. The van der Waals surface area contributed by atoms with Crippen molar-refractivity contribution in [3.63, 3.8) is 0 Å². The van der Waals surface area contributed by atoms with Crippen LogP contribution in [0.3, 0.4) is 0 Å². The van der Waals surface area contributed by atoms with E-state index in [1.54, 1.807) is 18.2 Å². The van der Waals surface area contributed by atoms with Gasteiger partial charge < -0.3 is 10.4 Å². The van der Waals surface area contributed by atoms with Gasteiger partial charge in [-0.3, -0.25) is 0 Å². The van der Waals surface area contributed by atoms with Gasteiger partial charge >= 0.3 is 0 Å². The fraction of sp³-hybridized carbons (Fsp3) is 0.250. The van der Waals surface area contributed by atoms with Crippen LogP contribution < -0.4 is 5.32 Å². The van der Waals surface area contributed by atoms with E-state index in [9.17, 15) is 0 Å². The third-order valence-corrected chi connectivity index (χ3v) is 2.71. The first-order valence-corrected chi connectivity index (χ1v) is 6.19. The van der Waals surface area contributed by atoms with E-state index in [1.165, 1.54) is 11.1 Å². The number of allylic oxidation sites excluding steroid dienone is 3. The number of hydrogen-bond donors (Lipinski definition) is 2. The van der Waals surface area contributed by atoms with Crippen molar-refractivity contribution >= 4 is 0 Å². The number of phenols is 1. The van der Waals surface area contributed by atoms with Crippen molar-refractivity contribution in [1.29, 1.82) is 0 Å². The fourth-order valence-electron chi connectivity index (χ4n) is 1.66. The largest absolute Gasteiger partial charge is 0.508 e. The Kier molecular flexibility index (Phi) is 6.59. The molecule has 0 aliphatic heterocycles. The normalized spacial score (nSPS) is 11.2. The lowest BCUT2D eigenvalue weighted by molar-refractivity contribution is 0.475. The van der Waals surface area contributed by atoms with E-state index in [4.69, 9.17) is 5.11 Å². The first kappa shape index (κ1) is 14.3. The zero-order valence-electron chi connectivity index (χ0n) is 10.7. The van der Waals surface area contributed by atoms with Crippen molar-refractivity contribution in [1.82, 2.24) is 5.32 Å². The molecule has 0 aliphatic carbocycles. The van der Waals surface area contributed by atoms with Crippen LogP contribution in [0.4, 0.5) is 0 Å². The number of rotatable bonds is 8. The summed E-state index contributed by atoms with van der Waals surface area (Å²) in [5, 5.41) is 12.6. The van der Waals surface area contributed by atoms with E-state index in [1.807, 2.05) is 24.3 Å². The quantitative estimate of drug-likeness (QED) is 0.543. The molecule has 0 amide bonds. The summed E-state index contributed by atoms with van der Waals surface area (Å²) in [6, 6.07) is 7.34. The molecule has 0 fully saturated rings. The second-order valence-corrected chi connectivity index (χ2v) is 4.10. The van der Waals surface area contributed by atoms with Crippen molar-refractivity contribution in [2.24, 2.45) is 0 Å². The minimum Gasteiger partial charge on any atom is -0.508 e. The molecule has 0 atom stereocenters. The lowest BCUT2D eigenvalue weighted by Crippen LogP contribution is -2.18. The van der Waals surface area contributed by atoms with Gasteiger partial charge in [0.15, 0.2) is 0 Å². The lowest BCUT2D eigenvalue weighted by atomic mass is 10.1. The van der Waals surface area contributed by atoms with Gasteiger partial charge in [0.05, 0.1) is 0 Å². The Bertz CT molecular complexity index is 404. The molecule has 0 saturated carbocycles. The van der Waals surface area contributed by atoms with Gasteiger partial charge in [-0.2, -0.15) is 0 Å². The molecule has 0 radical (unpaired) electrons. The lowest BCUT2D eigenvalue weighted by Gasteiger charge is -2.05. The molecule has 1 aromatic rings. The topological polar surface area (TPSA) is 32.3 Å². The minimum atomic E-state index is 0.317. The second kappa shape index (κ2) is 8.31. The molecule has 0 spiro atoms. The third-order valence-electron chi connectivity index (χ3n) is 2.71. The summed E-state index contributed by atoms with van der Waals surface area (Å²) in [5.41, 5.74) is 2.42. The minimum absolute atomic E-state index is 0.317. The third kappa shape index (κ3) is 5.51. The fourth-order valence-corrected chi connectivity index (χ4v) is 1.66. The Morgan fingerprint density at radius 1 is 1.17 bits per heavy atom. The maximum absolute atomic E-state index is 9.17. The average Bonchev–Trinajstić information content (AvgIpc) is 2.39. The monoisotopic (exact) mass is 243 g/mol. The van der Waals surface area contributed by atoms with Crippen LogP contribution in [0.25, 0.3) is 0 Å². The highest BCUT2D eigenvalue weighted by Crippen LogP contribution is 2.09. The molecule has 0 aromatic heterocycles. The highest BCUT2D eigenvalue weighted by molar-refractivity contribution is 5.26. The maximum Gasteiger partial charge on any atom is 0.115 e. The summed E-state index contributed by atoms with van der Waals surface area (Å²) in [5.74, 6) is 0.317. The first-order valence-electron chi connectivity index (χ1n) is 6.19. The summed E-state index contributed by atoms with van der Waals surface area (Å²) < 4.78 is 0. The Morgan fingerprint density at radius 3 is 2.50 bits per heavy atom. The van der Waals surface area contributed by atoms with Gasteiger partial charge in [0, 0.05) is 0 Å².